The van der Waals surface area contributed by atoms with E-state index in [9.17, 15) is 4.39 Å². The maximum atomic E-state index is 13.4. The molecule has 0 bridgehead atoms. The van der Waals surface area contributed by atoms with Crippen molar-refractivity contribution in [1.29, 1.82) is 0 Å². The second-order valence-electron chi connectivity index (χ2n) is 6.39. The van der Waals surface area contributed by atoms with Crippen LogP contribution >= 0.6 is 0 Å². The molecule has 0 spiro atoms. The maximum Gasteiger partial charge on any atom is 0.125 e. The maximum absolute atomic E-state index is 13.4. The monoisotopic (exact) mass is 280 g/mol. The number of rotatable bonds is 7. The van der Waals surface area contributed by atoms with Crippen LogP contribution in [0.5, 0.6) is 0 Å². The van der Waals surface area contributed by atoms with Crippen molar-refractivity contribution in [2.24, 2.45) is 5.41 Å². The zero-order valence-electron chi connectivity index (χ0n) is 13.5. The van der Waals surface area contributed by atoms with Crippen LogP contribution in [0.4, 0.5) is 10.1 Å². The van der Waals surface area contributed by atoms with Gasteiger partial charge in [-0.15, -0.1) is 0 Å². The van der Waals surface area contributed by atoms with E-state index in [0.29, 0.717) is 6.04 Å². The quantitative estimate of drug-likeness (QED) is 0.810. The smallest absolute Gasteiger partial charge is 0.125 e. The fourth-order valence-electron chi connectivity index (χ4n) is 2.27. The second-order valence-corrected chi connectivity index (χ2v) is 6.39. The predicted octanol–water partition coefficient (Wildman–Crippen LogP) is 4.07. The van der Waals surface area contributed by atoms with Crippen LogP contribution in [0.1, 0.15) is 41.0 Å². The summed E-state index contributed by atoms with van der Waals surface area (Å²) >= 11 is 0. The molecule has 3 heteroatoms. The molecule has 1 aromatic rings. The first-order chi connectivity index (χ1) is 9.38. The van der Waals surface area contributed by atoms with E-state index >= 15 is 0 Å². The third-order valence-corrected chi connectivity index (χ3v) is 3.64. The Morgan fingerprint density at radius 2 is 1.95 bits per heavy atom. The minimum atomic E-state index is -0.172. The topological polar surface area (TPSA) is 15.3 Å². The van der Waals surface area contributed by atoms with E-state index < -0.39 is 0 Å². The molecular weight excluding hydrogens is 251 g/mol. The highest BCUT2D eigenvalue weighted by Crippen LogP contribution is 2.23. The Morgan fingerprint density at radius 1 is 1.25 bits per heavy atom. The highest BCUT2D eigenvalue weighted by atomic mass is 19.1. The number of likely N-dealkylation sites (N-methyl/N-ethyl adjacent to an activating group) is 1. The Morgan fingerprint density at radius 3 is 2.45 bits per heavy atom. The first kappa shape index (κ1) is 17.0. The fraction of sp³-hybridized carbons (Fsp3) is 0.647. The van der Waals surface area contributed by atoms with Crippen LogP contribution in [-0.2, 0) is 0 Å². The van der Waals surface area contributed by atoms with Gasteiger partial charge in [-0.05, 0) is 43.5 Å². The van der Waals surface area contributed by atoms with E-state index in [1.54, 1.807) is 12.1 Å². The highest BCUT2D eigenvalue weighted by Gasteiger charge is 2.25. The molecule has 0 amide bonds. The summed E-state index contributed by atoms with van der Waals surface area (Å²) in [5, 5.41) is 3.62. The molecule has 0 radical (unpaired) electrons. The molecular formula is C17H29FN2. The molecule has 0 heterocycles. The van der Waals surface area contributed by atoms with Crippen LogP contribution < -0.4 is 10.2 Å². The predicted molar refractivity (Wildman–Crippen MR) is 85.8 cm³/mol. The first-order valence-corrected chi connectivity index (χ1v) is 7.62. The molecule has 1 unspecified atom stereocenters. The Balaban J connectivity index is 2.83. The van der Waals surface area contributed by atoms with Gasteiger partial charge in [-0.25, -0.2) is 4.39 Å². The molecule has 1 atom stereocenters. The van der Waals surface area contributed by atoms with E-state index in [0.717, 1.165) is 31.7 Å². The van der Waals surface area contributed by atoms with E-state index in [-0.39, 0.29) is 11.2 Å². The molecule has 114 valence electrons. The van der Waals surface area contributed by atoms with Gasteiger partial charge >= 0.3 is 0 Å². The Labute approximate surface area is 123 Å². The zero-order chi connectivity index (χ0) is 15.2. The van der Waals surface area contributed by atoms with Crippen molar-refractivity contribution in [3.8, 4) is 0 Å². The number of hydrogen-bond acceptors (Lipinski definition) is 2. The molecule has 0 saturated carbocycles. The summed E-state index contributed by atoms with van der Waals surface area (Å²) in [6.07, 6.45) is 1.12. The van der Waals surface area contributed by atoms with Crippen LogP contribution in [0.25, 0.3) is 0 Å². The number of nitrogens with one attached hydrogen (secondary N) is 1. The van der Waals surface area contributed by atoms with Crippen LogP contribution in [0.3, 0.4) is 0 Å². The minimum Gasteiger partial charge on any atom is -0.370 e. The third-order valence-electron chi connectivity index (χ3n) is 3.64. The summed E-state index contributed by atoms with van der Waals surface area (Å²) < 4.78 is 13.4. The molecule has 2 nitrogen and oxygen atoms in total. The lowest BCUT2D eigenvalue weighted by molar-refractivity contribution is 0.270. The molecule has 0 aromatic heterocycles. The first-order valence-electron chi connectivity index (χ1n) is 7.62. The van der Waals surface area contributed by atoms with Crippen molar-refractivity contribution in [3.05, 3.63) is 30.1 Å². The number of anilines is 1. The molecule has 0 aliphatic carbocycles. The molecule has 1 rings (SSSR count). The lowest BCUT2D eigenvalue weighted by atomic mass is 9.86. The summed E-state index contributed by atoms with van der Waals surface area (Å²) in [4.78, 5) is 2.24. The average molecular weight is 280 g/mol. The highest BCUT2D eigenvalue weighted by molar-refractivity contribution is 5.46. The van der Waals surface area contributed by atoms with E-state index in [1.165, 1.54) is 6.07 Å². The largest absolute Gasteiger partial charge is 0.370 e. The summed E-state index contributed by atoms with van der Waals surface area (Å²) in [6.45, 7) is 13.8. The van der Waals surface area contributed by atoms with Gasteiger partial charge in [-0.1, -0.05) is 33.8 Å². The van der Waals surface area contributed by atoms with Crippen molar-refractivity contribution in [2.45, 2.75) is 47.1 Å². The summed E-state index contributed by atoms with van der Waals surface area (Å²) in [5.74, 6) is -0.172. The van der Waals surface area contributed by atoms with Crippen molar-refractivity contribution in [1.82, 2.24) is 5.32 Å². The number of hydrogen-bond donors (Lipinski definition) is 1. The zero-order valence-corrected chi connectivity index (χ0v) is 13.5. The van der Waals surface area contributed by atoms with Gasteiger partial charge in [0.15, 0.2) is 0 Å². The Bertz CT molecular complexity index is 398. The average Bonchev–Trinajstić information content (AvgIpc) is 2.37. The fourth-order valence-corrected chi connectivity index (χ4v) is 2.27. The van der Waals surface area contributed by atoms with Crippen LogP contribution in [0.2, 0.25) is 0 Å². The van der Waals surface area contributed by atoms with Gasteiger partial charge in [0.2, 0.25) is 0 Å². The molecule has 0 fully saturated rings. The van der Waals surface area contributed by atoms with Gasteiger partial charge < -0.3 is 10.2 Å². The molecule has 0 aliphatic rings. The van der Waals surface area contributed by atoms with Crippen LogP contribution in [0, 0.1) is 11.2 Å². The van der Waals surface area contributed by atoms with E-state index in [4.69, 9.17) is 0 Å². The third kappa shape index (κ3) is 5.12. The lowest BCUT2D eigenvalue weighted by Crippen LogP contribution is -2.49. The van der Waals surface area contributed by atoms with Gasteiger partial charge in [-0.2, -0.15) is 0 Å². The van der Waals surface area contributed by atoms with Crippen molar-refractivity contribution < 1.29 is 4.39 Å². The van der Waals surface area contributed by atoms with Gasteiger partial charge in [0.1, 0.15) is 5.82 Å². The standard InChI is InChI=1S/C17H29FN2/c1-6-11-19-16(17(3,4)5)13-20(7-2)15-10-8-9-14(18)12-15/h8-10,12,16,19H,6-7,11,13H2,1-5H3. The van der Waals surface area contributed by atoms with Crippen molar-refractivity contribution in [3.63, 3.8) is 0 Å². The van der Waals surface area contributed by atoms with Crippen LogP contribution in [-0.4, -0.2) is 25.7 Å². The Hall–Kier alpha value is -1.09. The van der Waals surface area contributed by atoms with Gasteiger partial charge in [0.05, 0.1) is 0 Å². The summed E-state index contributed by atoms with van der Waals surface area (Å²) in [7, 11) is 0. The number of benzene rings is 1. The molecule has 1 N–H and O–H groups in total. The SMILES string of the molecule is CCCNC(CN(CC)c1cccc(F)c1)C(C)(C)C. The Kier molecular flexibility index (Phi) is 6.47. The second kappa shape index (κ2) is 7.63. The van der Waals surface area contributed by atoms with Crippen molar-refractivity contribution in [2.75, 3.05) is 24.5 Å². The lowest BCUT2D eigenvalue weighted by Gasteiger charge is -2.36. The molecule has 1 aromatic carbocycles. The van der Waals surface area contributed by atoms with Crippen molar-refractivity contribution >= 4 is 5.69 Å². The van der Waals surface area contributed by atoms with Gasteiger partial charge in [-0.3, -0.25) is 0 Å². The van der Waals surface area contributed by atoms with E-state index in [1.807, 2.05) is 6.07 Å². The normalized spacial score (nSPS) is 13.3. The van der Waals surface area contributed by atoms with Gasteiger partial charge in [0, 0.05) is 24.8 Å². The summed E-state index contributed by atoms with van der Waals surface area (Å²) in [6, 6.07) is 7.24. The molecule has 0 aliphatic heterocycles. The minimum absolute atomic E-state index is 0.172. The molecule has 0 saturated heterocycles. The van der Waals surface area contributed by atoms with Gasteiger partial charge in [0.25, 0.3) is 0 Å². The van der Waals surface area contributed by atoms with Crippen LogP contribution in [0.15, 0.2) is 24.3 Å². The number of nitrogens with zero attached hydrogens (tertiary/aromatic N) is 1. The molecule has 20 heavy (non-hydrogen) atoms. The van der Waals surface area contributed by atoms with E-state index in [2.05, 4.69) is 44.8 Å². The number of halogens is 1. The summed E-state index contributed by atoms with van der Waals surface area (Å²) in [5.41, 5.74) is 1.13.